The number of carbonyl (C=O) groups is 1. The van der Waals surface area contributed by atoms with Gasteiger partial charge in [-0.05, 0) is 49.0 Å². The van der Waals surface area contributed by atoms with Crippen LogP contribution in [0, 0.1) is 6.92 Å². The molecule has 0 saturated heterocycles. The van der Waals surface area contributed by atoms with E-state index in [0.717, 1.165) is 5.56 Å². The van der Waals surface area contributed by atoms with Crippen molar-refractivity contribution in [3.8, 4) is 5.75 Å². The minimum Gasteiger partial charge on any atom is -0.497 e. The highest BCUT2D eigenvalue weighted by atomic mass is 32.1. The van der Waals surface area contributed by atoms with Crippen LogP contribution in [0.2, 0.25) is 0 Å². The van der Waals surface area contributed by atoms with Crippen molar-refractivity contribution in [2.75, 3.05) is 7.11 Å². The van der Waals surface area contributed by atoms with E-state index >= 15 is 0 Å². The molecule has 2 aromatic rings. The predicted octanol–water partition coefficient (Wildman–Crippen LogP) is 2.81. The summed E-state index contributed by atoms with van der Waals surface area (Å²) in [5, 5.41) is 5.98. The topological polar surface area (TPSA) is 50.4 Å². The van der Waals surface area contributed by atoms with Gasteiger partial charge < -0.3 is 10.1 Å². The van der Waals surface area contributed by atoms with Crippen LogP contribution in [0.15, 0.2) is 48.5 Å². The number of nitrogens with one attached hydrogen (secondary N) is 2. The summed E-state index contributed by atoms with van der Waals surface area (Å²) in [6, 6.07) is 15.0. The van der Waals surface area contributed by atoms with Crippen molar-refractivity contribution in [1.82, 2.24) is 10.6 Å². The zero-order valence-electron chi connectivity index (χ0n) is 12.6. The Morgan fingerprint density at radius 3 is 2.32 bits per heavy atom. The van der Waals surface area contributed by atoms with Crippen molar-refractivity contribution in [2.45, 2.75) is 13.5 Å². The van der Waals surface area contributed by atoms with Gasteiger partial charge in [-0.25, -0.2) is 0 Å². The van der Waals surface area contributed by atoms with Gasteiger partial charge in [0.2, 0.25) is 0 Å². The number of rotatable bonds is 4. The van der Waals surface area contributed by atoms with E-state index in [1.54, 1.807) is 31.4 Å². The number of benzene rings is 2. The van der Waals surface area contributed by atoms with Crippen molar-refractivity contribution in [3.05, 3.63) is 65.2 Å². The monoisotopic (exact) mass is 314 g/mol. The van der Waals surface area contributed by atoms with E-state index in [4.69, 9.17) is 17.0 Å². The molecule has 2 aromatic carbocycles. The molecule has 0 radical (unpaired) electrons. The standard InChI is InChI=1S/C17H18N2O2S/c1-12-3-5-13(6-4-12)11-18-17(22)19-16(20)14-7-9-15(21-2)10-8-14/h3-10H,11H2,1-2H3,(H2,18,19,20,22). The quantitative estimate of drug-likeness (QED) is 0.852. The van der Waals surface area contributed by atoms with E-state index in [-0.39, 0.29) is 5.91 Å². The number of aryl methyl sites for hydroxylation is 1. The number of ether oxygens (including phenoxy) is 1. The Morgan fingerprint density at radius 1 is 1.09 bits per heavy atom. The average Bonchev–Trinajstić information content (AvgIpc) is 2.54. The average molecular weight is 314 g/mol. The van der Waals surface area contributed by atoms with E-state index in [2.05, 4.69) is 10.6 Å². The number of methoxy groups -OCH3 is 1. The van der Waals surface area contributed by atoms with Crippen molar-refractivity contribution >= 4 is 23.2 Å². The minimum atomic E-state index is -0.246. The molecule has 0 spiro atoms. The first-order chi connectivity index (χ1) is 10.6. The zero-order chi connectivity index (χ0) is 15.9. The van der Waals surface area contributed by atoms with Crippen LogP contribution in [0.25, 0.3) is 0 Å². The van der Waals surface area contributed by atoms with E-state index in [9.17, 15) is 4.79 Å². The van der Waals surface area contributed by atoms with Crippen LogP contribution in [0.5, 0.6) is 5.75 Å². The summed E-state index contributed by atoms with van der Waals surface area (Å²) < 4.78 is 5.06. The zero-order valence-corrected chi connectivity index (χ0v) is 13.4. The molecule has 0 aliphatic rings. The fourth-order valence-electron chi connectivity index (χ4n) is 1.85. The maximum atomic E-state index is 12.0. The van der Waals surface area contributed by atoms with Crippen molar-refractivity contribution in [3.63, 3.8) is 0 Å². The summed E-state index contributed by atoms with van der Waals surface area (Å²) >= 11 is 5.14. The third kappa shape index (κ3) is 4.56. The minimum absolute atomic E-state index is 0.246. The van der Waals surface area contributed by atoms with Crippen LogP contribution < -0.4 is 15.4 Å². The molecular weight excluding hydrogens is 296 g/mol. The molecule has 0 unspecified atom stereocenters. The summed E-state index contributed by atoms with van der Waals surface area (Å²) in [6.07, 6.45) is 0. The highest BCUT2D eigenvalue weighted by molar-refractivity contribution is 7.80. The molecule has 5 heteroatoms. The smallest absolute Gasteiger partial charge is 0.257 e. The molecule has 22 heavy (non-hydrogen) atoms. The Balaban J connectivity index is 1.85. The normalized spacial score (nSPS) is 9.91. The lowest BCUT2D eigenvalue weighted by Gasteiger charge is -2.10. The van der Waals surface area contributed by atoms with E-state index in [1.807, 2.05) is 31.2 Å². The lowest BCUT2D eigenvalue weighted by atomic mass is 10.1. The van der Waals surface area contributed by atoms with E-state index in [1.165, 1.54) is 5.56 Å². The summed E-state index contributed by atoms with van der Waals surface area (Å²) in [4.78, 5) is 12.0. The van der Waals surface area contributed by atoms with Crippen molar-refractivity contribution in [2.24, 2.45) is 0 Å². The van der Waals surface area contributed by atoms with Gasteiger partial charge in [-0.3, -0.25) is 10.1 Å². The Kier molecular flexibility index (Phi) is 5.49. The fourth-order valence-corrected chi connectivity index (χ4v) is 2.02. The van der Waals surface area contributed by atoms with Crippen molar-refractivity contribution in [1.29, 1.82) is 0 Å². The number of hydrogen-bond acceptors (Lipinski definition) is 3. The highest BCUT2D eigenvalue weighted by Gasteiger charge is 2.07. The first kappa shape index (κ1) is 16.0. The number of amides is 1. The number of carbonyl (C=O) groups excluding carboxylic acids is 1. The summed E-state index contributed by atoms with van der Waals surface area (Å²) in [5.41, 5.74) is 2.84. The molecule has 0 aliphatic heterocycles. The van der Waals surface area contributed by atoms with Gasteiger partial charge in [-0.1, -0.05) is 29.8 Å². The second-order valence-corrected chi connectivity index (χ2v) is 5.26. The number of hydrogen-bond donors (Lipinski definition) is 2. The van der Waals surface area contributed by atoms with Crippen LogP contribution in [0.1, 0.15) is 21.5 Å². The summed E-state index contributed by atoms with van der Waals surface area (Å²) in [6.45, 7) is 2.61. The lowest BCUT2D eigenvalue weighted by Crippen LogP contribution is -2.38. The molecule has 0 aromatic heterocycles. The molecule has 2 N–H and O–H groups in total. The maximum Gasteiger partial charge on any atom is 0.257 e. The second-order valence-electron chi connectivity index (χ2n) is 4.85. The molecule has 2 rings (SSSR count). The third-order valence-electron chi connectivity index (χ3n) is 3.15. The molecule has 0 bridgehead atoms. The molecule has 0 fully saturated rings. The van der Waals surface area contributed by atoms with E-state index in [0.29, 0.717) is 23.0 Å². The largest absolute Gasteiger partial charge is 0.497 e. The molecule has 0 aliphatic carbocycles. The van der Waals surface area contributed by atoms with Gasteiger partial charge in [0.25, 0.3) is 5.91 Å². The van der Waals surface area contributed by atoms with Gasteiger partial charge in [0.05, 0.1) is 7.11 Å². The lowest BCUT2D eigenvalue weighted by molar-refractivity contribution is 0.0976. The van der Waals surface area contributed by atoms with Gasteiger partial charge >= 0.3 is 0 Å². The Labute approximate surface area is 135 Å². The third-order valence-corrected chi connectivity index (χ3v) is 3.40. The Hall–Kier alpha value is -2.40. The van der Waals surface area contributed by atoms with Crippen LogP contribution >= 0.6 is 12.2 Å². The highest BCUT2D eigenvalue weighted by Crippen LogP contribution is 2.11. The van der Waals surface area contributed by atoms with Crippen molar-refractivity contribution < 1.29 is 9.53 Å². The summed E-state index contributed by atoms with van der Waals surface area (Å²) in [7, 11) is 1.58. The second kappa shape index (κ2) is 7.56. The summed E-state index contributed by atoms with van der Waals surface area (Å²) in [5.74, 6) is 0.459. The van der Waals surface area contributed by atoms with Crippen LogP contribution in [0.3, 0.4) is 0 Å². The first-order valence-corrected chi connectivity index (χ1v) is 7.28. The van der Waals surface area contributed by atoms with Crippen LogP contribution in [-0.2, 0) is 6.54 Å². The van der Waals surface area contributed by atoms with Gasteiger partial charge in [0.15, 0.2) is 5.11 Å². The van der Waals surface area contributed by atoms with Gasteiger partial charge in [0, 0.05) is 12.1 Å². The van der Waals surface area contributed by atoms with Crippen LogP contribution in [0.4, 0.5) is 0 Å². The molecule has 0 heterocycles. The fraction of sp³-hybridized carbons (Fsp3) is 0.176. The van der Waals surface area contributed by atoms with Gasteiger partial charge in [0.1, 0.15) is 5.75 Å². The number of thiocarbonyl (C=S) groups is 1. The molecule has 4 nitrogen and oxygen atoms in total. The maximum absolute atomic E-state index is 12.0. The first-order valence-electron chi connectivity index (χ1n) is 6.87. The molecule has 114 valence electrons. The Bertz CT molecular complexity index is 651. The predicted molar refractivity (Wildman–Crippen MR) is 91.1 cm³/mol. The van der Waals surface area contributed by atoms with Gasteiger partial charge in [-0.15, -0.1) is 0 Å². The molecule has 0 atom stereocenters. The molecule has 0 saturated carbocycles. The molecule has 1 amide bonds. The SMILES string of the molecule is COc1ccc(C(=O)NC(=S)NCc2ccc(C)cc2)cc1. The van der Waals surface area contributed by atoms with Gasteiger partial charge in [-0.2, -0.15) is 0 Å². The molecular formula is C17H18N2O2S. The Morgan fingerprint density at radius 2 is 1.73 bits per heavy atom. The van der Waals surface area contributed by atoms with E-state index < -0.39 is 0 Å². The van der Waals surface area contributed by atoms with Crippen LogP contribution in [-0.4, -0.2) is 18.1 Å².